The first-order valence-corrected chi connectivity index (χ1v) is 25.0. The van der Waals surface area contributed by atoms with Crippen LogP contribution in [-0.4, -0.2) is 23.2 Å². The van der Waals surface area contributed by atoms with Crippen molar-refractivity contribution < 1.29 is 20.1 Å². The topological polar surface area (TPSA) is 25.8 Å². The summed E-state index contributed by atoms with van der Waals surface area (Å²) < 4.78 is 4.18. The number of aromatic nitrogens is 2. The standard InChI is InChI=1S/C29H26NS.C15H18GeN.Ir/c1-18(2)21-12-13-30-27(16-21)22-10-11-24-26-15-23(20-8-6-5-7-9-20)14-25(19(3)4)29(26)31-28(24)17-22;1-12-10-15(13-8-6-5-7-9-13)17-11-14(12)16(2,3)4;/h5-9,11-19H,1-4H3;5-8,10-11H,1-4H3;/q2*-1;. The van der Waals surface area contributed by atoms with Gasteiger partial charge in [0, 0.05) is 31.0 Å². The van der Waals surface area contributed by atoms with Gasteiger partial charge in [-0.05, 0) is 56.4 Å². The Kier molecular flexibility index (Phi) is 11.8. The smallest absolute Gasteiger partial charge is 0 e. The molecule has 0 aliphatic heterocycles. The molecule has 7 aromatic rings. The van der Waals surface area contributed by atoms with Crippen LogP contribution >= 0.6 is 11.3 Å². The number of pyridine rings is 2. The molecule has 5 heteroatoms. The summed E-state index contributed by atoms with van der Waals surface area (Å²) in [5.41, 5.74) is 10.8. The Balaban J connectivity index is 0.000000221. The summed E-state index contributed by atoms with van der Waals surface area (Å²) in [6.07, 6.45) is 3.99. The number of benzene rings is 4. The van der Waals surface area contributed by atoms with Crippen LogP contribution in [-0.2, 0) is 20.1 Å². The fourth-order valence-corrected chi connectivity index (χ4v) is 11.2. The average molecular weight is 898 g/mol. The van der Waals surface area contributed by atoms with Crippen molar-refractivity contribution in [2.75, 3.05) is 0 Å². The van der Waals surface area contributed by atoms with Gasteiger partial charge in [-0.1, -0.05) is 81.1 Å². The second kappa shape index (κ2) is 15.6. The minimum absolute atomic E-state index is 0. The zero-order valence-electron chi connectivity index (χ0n) is 29.7. The summed E-state index contributed by atoms with van der Waals surface area (Å²) in [5, 5.41) is 2.61. The van der Waals surface area contributed by atoms with E-state index < -0.39 is 13.3 Å². The van der Waals surface area contributed by atoms with E-state index in [0.29, 0.717) is 11.8 Å². The molecule has 49 heavy (non-hydrogen) atoms. The Morgan fingerprint density at radius 1 is 0.694 bits per heavy atom. The third-order valence-corrected chi connectivity index (χ3v) is 14.6. The molecule has 0 N–H and O–H groups in total. The van der Waals surface area contributed by atoms with Gasteiger partial charge < -0.3 is 4.98 Å². The molecule has 0 saturated heterocycles. The summed E-state index contributed by atoms with van der Waals surface area (Å²) in [6, 6.07) is 41.1. The molecule has 0 fully saturated rings. The zero-order valence-corrected chi connectivity index (χ0v) is 35.0. The van der Waals surface area contributed by atoms with Crippen LogP contribution < -0.4 is 4.40 Å². The SMILES string of the molecule is CC(C)c1ccnc(-c2[c-]cc3c(c2)sc2c(C(C)C)cc(-c4ccccc4)cc23)c1.Cc1cc(-c2[c-]cccc2)nc[c]1[Ge]([CH3])([CH3])[CH3].[Ir]. The zero-order chi connectivity index (χ0) is 34.0. The number of fused-ring (bicyclic) bond motifs is 3. The number of hydrogen-bond acceptors (Lipinski definition) is 3. The molecular weight excluding hydrogens is 853 g/mol. The molecule has 0 aliphatic carbocycles. The molecule has 4 aromatic carbocycles. The quantitative estimate of drug-likeness (QED) is 0.123. The van der Waals surface area contributed by atoms with Crippen LogP contribution in [0, 0.1) is 19.1 Å². The van der Waals surface area contributed by atoms with Gasteiger partial charge in [-0.2, -0.15) is 11.3 Å². The van der Waals surface area contributed by atoms with E-state index in [1.165, 1.54) is 52.4 Å². The van der Waals surface area contributed by atoms with E-state index in [1.54, 1.807) is 0 Å². The average Bonchev–Trinajstić information content (AvgIpc) is 3.46. The maximum Gasteiger partial charge on any atom is 0 e. The number of thiophene rings is 1. The normalized spacial score (nSPS) is 11.5. The molecule has 3 heterocycles. The summed E-state index contributed by atoms with van der Waals surface area (Å²) in [6.45, 7) is 11.2. The molecule has 0 unspecified atom stereocenters. The Morgan fingerprint density at radius 3 is 2.08 bits per heavy atom. The first-order chi connectivity index (χ1) is 23.0. The first-order valence-electron chi connectivity index (χ1n) is 16.9. The Labute approximate surface area is 312 Å². The van der Waals surface area contributed by atoms with Crippen molar-refractivity contribution in [2.45, 2.75) is 63.7 Å². The van der Waals surface area contributed by atoms with Crippen molar-refractivity contribution in [2.24, 2.45) is 0 Å². The van der Waals surface area contributed by atoms with Gasteiger partial charge >= 0.3 is 106 Å². The third-order valence-electron chi connectivity index (χ3n) is 8.89. The van der Waals surface area contributed by atoms with E-state index in [-0.39, 0.29) is 20.1 Å². The first kappa shape index (κ1) is 36.9. The van der Waals surface area contributed by atoms with Crippen LogP contribution in [0.25, 0.3) is 53.8 Å². The summed E-state index contributed by atoms with van der Waals surface area (Å²) >= 11 is 0.119. The minimum Gasteiger partial charge on any atom is 0 e. The summed E-state index contributed by atoms with van der Waals surface area (Å²) in [7, 11) is 0. The van der Waals surface area contributed by atoms with Gasteiger partial charge in [0.2, 0.25) is 0 Å². The second-order valence-corrected chi connectivity index (χ2v) is 25.9. The van der Waals surface area contributed by atoms with Gasteiger partial charge in [-0.25, -0.2) is 0 Å². The van der Waals surface area contributed by atoms with Crippen molar-refractivity contribution >= 4 is 49.2 Å². The predicted molar refractivity (Wildman–Crippen MR) is 211 cm³/mol. The molecule has 2 nitrogen and oxygen atoms in total. The van der Waals surface area contributed by atoms with E-state index in [4.69, 9.17) is 0 Å². The third kappa shape index (κ3) is 8.32. The Morgan fingerprint density at radius 2 is 1.43 bits per heavy atom. The van der Waals surface area contributed by atoms with Crippen molar-refractivity contribution in [3.63, 3.8) is 0 Å². The van der Waals surface area contributed by atoms with Gasteiger partial charge in [0.15, 0.2) is 0 Å². The maximum absolute atomic E-state index is 4.63. The molecule has 0 bridgehead atoms. The van der Waals surface area contributed by atoms with E-state index in [2.05, 4.69) is 159 Å². The molecule has 251 valence electrons. The van der Waals surface area contributed by atoms with E-state index in [1.807, 2.05) is 35.7 Å². The molecule has 0 amide bonds. The number of aryl methyl sites for hydroxylation is 1. The number of nitrogens with zero attached hydrogens (tertiary/aromatic N) is 2. The van der Waals surface area contributed by atoms with E-state index >= 15 is 0 Å². The van der Waals surface area contributed by atoms with E-state index in [9.17, 15) is 0 Å². The van der Waals surface area contributed by atoms with Gasteiger partial charge in [0.05, 0.1) is 0 Å². The molecule has 0 spiro atoms. The van der Waals surface area contributed by atoms with Crippen molar-refractivity contribution in [3.8, 4) is 33.6 Å². The van der Waals surface area contributed by atoms with Crippen LogP contribution in [0.2, 0.25) is 17.3 Å². The number of rotatable bonds is 6. The van der Waals surface area contributed by atoms with Crippen LogP contribution in [0.3, 0.4) is 0 Å². The van der Waals surface area contributed by atoms with Gasteiger partial charge in [-0.15, -0.1) is 23.8 Å². The second-order valence-electron chi connectivity index (χ2n) is 14.2. The maximum atomic E-state index is 4.63. The summed E-state index contributed by atoms with van der Waals surface area (Å²) in [4.78, 5) is 9.22. The summed E-state index contributed by atoms with van der Waals surface area (Å²) in [5.74, 6) is 8.15. The van der Waals surface area contributed by atoms with Gasteiger partial charge in [0.1, 0.15) is 0 Å². The number of hydrogen-bond donors (Lipinski definition) is 0. The fraction of sp³-hybridized carbons (Fsp3) is 0.227. The molecule has 0 atom stereocenters. The predicted octanol–water partition coefficient (Wildman–Crippen LogP) is 12.2. The minimum atomic E-state index is -1.77. The molecule has 7 rings (SSSR count). The fourth-order valence-electron chi connectivity index (χ4n) is 6.21. The van der Waals surface area contributed by atoms with Crippen molar-refractivity contribution in [1.82, 2.24) is 9.97 Å². The molecule has 0 saturated carbocycles. The molecule has 3 aromatic heterocycles. The monoisotopic (exact) mass is 899 g/mol. The molecule has 0 aliphatic rings. The molecular formula is C44H44GeIrN2S-2. The van der Waals surface area contributed by atoms with Gasteiger partial charge in [0.25, 0.3) is 0 Å². The largest absolute Gasteiger partial charge is 0 e. The van der Waals surface area contributed by atoms with Crippen LogP contribution in [0.5, 0.6) is 0 Å². The van der Waals surface area contributed by atoms with Gasteiger partial charge in [-0.3, -0.25) is 0 Å². The van der Waals surface area contributed by atoms with Crippen LogP contribution in [0.1, 0.15) is 56.2 Å². The Hall–Kier alpha value is -3.41. The molecule has 1 radical (unpaired) electrons. The Bertz CT molecular complexity index is 2180. The van der Waals surface area contributed by atoms with Crippen molar-refractivity contribution in [3.05, 3.63) is 138 Å². The van der Waals surface area contributed by atoms with Crippen LogP contribution in [0.15, 0.2) is 109 Å². The van der Waals surface area contributed by atoms with Crippen LogP contribution in [0.4, 0.5) is 0 Å². The van der Waals surface area contributed by atoms with E-state index in [0.717, 1.165) is 22.5 Å². The van der Waals surface area contributed by atoms with Crippen molar-refractivity contribution in [1.29, 1.82) is 0 Å².